The lowest BCUT2D eigenvalue weighted by atomic mass is 9.64. The van der Waals surface area contributed by atoms with Crippen LogP contribution in [0.15, 0.2) is 0 Å². The summed E-state index contributed by atoms with van der Waals surface area (Å²) in [5.74, 6) is -1.68. The minimum atomic E-state index is -1.50. The second-order valence-electron chi connectivity index (χ2n) is 6.37. The van der Waals surface area contributed by atoms with E-state index < -0.39 is 11.9 Å². The predicted octanol–water partition coefficient (Wildman–Crippen LogP) is 2.08. The van der Waals surface area contributed by atoms with E-state index in [-0.39, 0.29) is 23.4 Å². The van der Waals surface area contributed by atoms with E-state index in [2.05, 4.69) is 20.8 Å². The van der Waals surface area contributed by atoms with Crippen molar-refractivity contribution in [1.82, 2.24) is 0 Å². The fraction of sp³-hybridized carbons (Fsp3) is 0.846. The minimum absolute atomic E-state index is 0.145. The summed E-state index contributed by atoms with van der Waals surface area (Å²) in [6.07, 6.45) is 3.58. The molecule has 2 aliphatic carbocycles. The maximum atomic E-state index is 11.0. The molecule has 0 heterocycles. The van der Waals surface area contributed by atoms with Gasteiger partial charge in [-0.15, -0.1) is 0 Å². The van der Waals surface area contributed by atoms with Gasteiger partial charge in [0.1, 0.15) is 0 Å². The first kappa shape index (κ1) is 12.4. The summed E-state index contributed by atoms with van der Waals surface area (Å²) in [5.41, 5.74) is 0.360. The van der Waals surface area contributed by atoms with Crippen molar-refractivity contribution in [3.63, 3.8) is 0 Å². The van der Waals surface area contributed by atoms with Crippen LogP contribution in [0, 0.1) is 22.7 Å². The third-order valence-corrected chi connectivity index (χ3v) is 5.12. The van der Waals surface area contributed by atoms with Crippen molar-refractivity contribution in [2.75, 3.05) is 6.61 Å². The maximum absolute atomic E-state index is 11.0. The smallest absolute Gasteiger partial charge is 0.417 e. The lowest BCUT2D eigenvalue weighted by Crippen LogP contribution is -2.39. The highest BCUT2D eigenvalue weighted by atomic mass is 16.6. The van der Waals surface area contributed by atoms with Gasteiger partial charge in [0, 0.05) is 5.92 Å². The van der Waals surface area contributed by atoms with E-state index in [0.29, 0.717) is 5.92 Å². The van der Waals surface area contributed by atoms with Gasteiger partial charge in [-0.3, -0.25) is 0 Å². The van der Waals surface area contributed by atoms with Crippen LogP contribution in [0.5, 0.6) is 0 Å². The number of ether oxygens (including phenoxy) is 1. The average molecular weight is 240 g/mol. The van der Waals surface area contributed by atoms with E-state index in [1.54, 1.807) is 0 Å². The van der Waals surface area contributed by atoms with Crippen molar-refractivity contribution in [1.29, 1.82) is 0 Å². The molecule has 2 fully saturated rings. The fourth-order valence-corrected chi connectivity index (χ4v) is 4.04. The molecule has 0 radical (unpaired) electrons. The number of carbonyl (C=O) groups is 2. The van der Waals surface area contributed by atoms with Crippen molar-refractivity contribution in [3.8, 4) is 0 Å². The van der Waals surface area contributed by atoms with Gasteiger partial charge in [-0.1, -0.05) is 20.8 Å². The average Bonchev–Trinajstić information content (AvgIpc) is 2.68. The molecule has 1 N–H and O–H groups in total. The zero-order chi connectivity index (χ0) is 12.8. The first-order valence-electron chi connectivity index (χ1n) is 6.17. The normalized spacial score (nSPS) is 38.1. The molecule has 0 aromatic carbocycles. The summed E-state index contributed by atoms with van der Waals surface area (Å²) in [4.78, 5) is 21.4. The Balaban J connectivity index is 2.05. The zero-order valence-electron chi connectivity index (χ0n) is 10.7. The molecule has 17 heavy (non-hydrogen) atoms. The van der Waals surface area contributed by atoms with Gasteiger partial charge in [-0.25, -0.2) is 9.59 Å². The molecule has 2 bridgehead atoms. The second-order valence-corrected chi connectivity index (χ2v) is 6.37. The second kappa shape index (κ2) is 3.72. The fourth-order valence-electron chi connectivity index (χ4n) is 4.04. The Bertz CT molecular complexity index is 356. The van der Waals surface area contributed by atoms with Crippen LogP contribution in [0.1, 0.15) is 40.0 Å². The largest absolute Gasteiger partial charge is 0.473 e. The minimum Gasteiger partial charge on any atom is -0.473 e. The van der Waals surface area contributed by atoms with Crippen LogP contribution in [-0.2, 0) is 14.3 Å². The molecular weight excluding hydrogens is 220 g/mol. The number of carboxylic acids is 1. The van der Waals surface area contributed by atoms with Crippen LogP contribution in [0.25, 0.3) is 0 Å². The predicted molar refractivity (Wildman–Crippen MR) is 61.3 cm³/mol. The Morgan fingerprint density at radius 2 is 2.00 bits per heavy atom. The van der Waals surface area contributed by atoms with E-state index in [4.69, 9.17) is 9.84 Å². The number of carboxylic acid groups (broad SMARTS) is 1. The van der Waals surface area contributed by atoms with E-state index in [0.717, 1.165) is 6.42 Å². The van der Waals surface area contributed by atoms with Crippen LogP contribution < -0.4 is 0 Å². The SMILES string of the molecule is CC12CCC(C1)C(C)(C)C2COC(=O)C(=O)O. The summed E-state index contributed by atoms with van der Waals surface area (Å²) in [6, 6.07) is 0. The summed E-state index contributed by atoms with van der Waals surface area (Å²) >= 11 is 0. The van der Waals surface area contributed by atoms with Gasteiger partial charge < -0.3 is 9.84 Å². The van der Waals surface area contributed by atoms with Gasteiger partial charge in [0.25, 0.3) is 0 Å². The maximum Gasteiger partial charge on any atom is 0.417 e. The van der Waals surface area contributed by atoms with E-state index in [1.165, 1.54) is 12.8 Å². The van der Waals surface area contributed by atoms with Gasteiger partial charge in [0.05, 0.1) is 6.61 Å². The van der Waals surface area contributed by atoms with Gasteiger partial charge >= 0.3 is 11.9 Å². The highest BCUT2D eigenvalue weighted by molar-refractivity contribution is 6.28. The number of carbonyl (C=O) groups excluding carboxylic acids is 1. The lowest BCUT2D eigenvalue weighted by molar-refractivity contribution is -0.166. The van der Waals surface area contributed by atoms with E-state index in [9.17, 15) is 9.59 Å². The molecule has 0 aromatic heterocycles. The monoisotopic (exact) mass is 240 g/mol. The van der Waals surface area contributed by atoms with Crippen LogP contribution in [0.4, 0.5) is 0 Å². The Morgan fingerprint density at radius 3 is 2.47 bits per heavy atom. The molecule has 96 valence electrons. The molecule has 3 atom stereocenters. The third-order valence-electron chi connectivity index (χ3n) is 5.12. The van der Waals surface area contributed by atoms with Crippen LogP contribution in [-0.4, -0.2) is 23.7 Å². The summed E-state index contributed by atoms with van der Waals surface area (Å²) in [5, 5.41) is 8.51. The molecule has 0 spiro atoms. The molecule has 0 amide bonds. The summed E-state index contributed by atoms with van der Waals surface area (Å²) in [7, 11) is 0. The number of fused-ring (bicyclic) bond motifs is 2. The zero-order valence-corrected chi connectivity index (χ0v) is 10.7. The highest BCUT2D eigenvalue weighted by Crippen LogP contribution is 2.65. The number of hydrogen-bond donors (Lipinski definition) is 1. The Morgan fingerprint density at radius 1 is 1.35 bits per heavy atom. The number of rotatable bonds is 2. The first-order valence-corrected chi connectivity index (χ1v) is 6.17. The standard InChI is InChI=1S/C13H20O4/c1-12(2)8-4-5-13(3,6-8)9(12)7-17-11(16)10(14)15/h8-9H,4-7H2,1-3H3,(H,14,15). The van der Waals surface area contributed by atoms with Crippen molar-refractivity contribution in [2.45, 2.75) is 40.0 Å². The number of hydrogen-bond acceptors (Lipinski definition) is 3. The van der Waals surface area contributed by atoms with Crippen LogP contribution in [0.3, 0.4) is 0 Å². The van der Waals surface area contributed by atoms with Gasteiger partial charge in [-0.05, 0) is 36.0 Å². The Kier molecular flexibility index (Phi) is 2.71. The molecule has 0 aromatic rings. The number of aliphatic carboxylic acids is 1. The summed E-state index contributed by atoms with van der Waals surface area (Å²) in [6.45, 7) is 6.90. The molecule has 4 nitrogen and oxygen atoms in total. The van der Waals surface area contributed by atoms with Gasteiger partial charge in [0.15, 0.2) is 0 Å². The van der Waals surface area contributed by atoms with Crippen molar-refractivity contribution in [2.24, 2.45) is 22.7 Å². The van der Waals surface area contributed by atoms with Crippen LogP contribution >= 0.6 is 0 Å². The van der Waals surface area contributed by atoms with Crippen LogP contribution in [0.2, 0.25) is 0 Å². The lowest BCUT2D eigenvalue weighted by Gasteiger charge is -2.42. The first-order chi connectivity index (χ1) is 7.77. The molecule has 2 aliphatic rings. The van der Waals surface area contributed by atoms with Crippen molar-refractivity contribution in [3.05, 3.63) is 0 Å². The molecule has 0 saturated heterocycles. The quantitative estimate of drug-likeness (QED) is 0.593. The molecule has 4 heteroatoms. The van der Waals surface area contributed by atoms with Gasteiger partial charge in [-0.2, -0.15) is 0 Å². The molecule has 0 aliphatic heterocycles. The van der Waals surface area contributed by atoms with Crippen molar-refractivity contribution < 1.29 is 19.4 Å². The van der Waals surface area contributed by atoms with E-state index >= 15 is 0 Å². The molecular formula is C13H20O4. The highest BCUT2D eigenvalue weighted by Gasteiger charge is 2.59. The number of esters is 1. The molecule has 2 rings (SSSR count). The summed E-state index contributed by atoms with van der Waals surface area (Å²) < 4.78 is 4.90. The Hall–Kier alpha value is -1.06. The molecule has 2 saturated carbocycles. The van der Waals surface area contributed by atoms with Crippen molar-refractivity contribution >= 4 is 11.9 Å². The van der Waals surface area contributed by atoms with Gasteiger partial charge in [0.2, 0.25) is 0 Å². The third kappa shape index (κ3) is 1.83. The molecule has 3 unspecified atom stereocenters. The van der Waals surface area contributed by atoms with E-state index in [1.807, 2.05) is 0 Å². The topological polar surface area (TPSA) is 63.6 Å². The Labute approximate surface area is 101 Å².